The fourth-order valence-electron chi connectivity index (χ4n) is 3.36. The lowest BCUT2D eigenvalue weighted by molar-refractivity contribution is 0.0771. The van der Waals surface area contributed by atoms with E-state index in [0.717, 1.165) is 19.5 Å². The molecule has 0 bridgehead atoms. The fraction of sp³-hybridized carbons (Fsp3) is 0.562. The monoisotopic (exact) mass is 345 g/mol. The van der Waals surface area contributed by atoms with Crippen LogP contribution in [0.25, 0.3) is 0 Å². The maximum absolute atomic E-state index is 12.5. The number of hydrogen-bond acceptors (Lipinski definition) is 3. The van der Waals surface area contributed by atoms with Crippen molar-refractivity contribution in [2.24, 2.45) is 0 Å². The molecular formula is C16H25Cl2N3O. The predicted molar refractivity (Wildman–Crippen MR) is 95.1 cm³/mol. The van der Waals surface area contributed by atoms with Gasteiger partial charge in [-0.1, -0.05) is 12.5 Å². The van der Waals surface area contributed by atoms with Gasteiger partial charge in [0.1, 0.15) is 0 Å². The fourth-order valence-corrected chi connectivity index (χ4v) is 3.36. The van der Waals surface area contributed by atoms with Gasteiger partial charge in [0, 0.05) is 30.4 Å². The zero-order valence-corrected chi connectivity index (χ0v) is 14.4. The Bertz CT molecular complexity index is 492. The molecule has 2 aliphatic heterocycles. The first-order chi connectivity index (χ1) is 9.74. The molecule has 6 heteroatoms. The molecule has 2 N–H and O–H groups in total. The van der Waals surface area contributed by atoms with Gasteiger partial charge in [0.25, 0.3) is 5.91 Å². The maximum atomic E-state index is 12.5. The summed E-state index contributed by atoms with van der Waals surface area (Å²) in [7, 11) is 0. The molecule has 0 spiro atoms. The number of carbonyl (C=O) groups is 1. The summed E-state index contributed by atoms with van der Waals surface area (Å²) in [5, 5.41) is 0. The standard InChI is InChI=1S/C16H23N3O.2ClH/c17-14-6-4-5-13(11-14)16(20)19-10-7-15(12-19)18-8-2-1-3-9-18;;/h4-6,11,15H,1-3,7-10,12,17H2;2*1H. The zero-order chi connectivity index (χ0) is 13.9. The van der Waals surface area contributed by atoms with Crippen LogP contribution >= 0.6 is 24.8 Å². The van der Waals surface area contributed by atoms with Crippen LogP contribution in [0.5, 0.6) is 0 Å². The Balaban J connectivity index is 0.00000121. The Labute approximate surface area is 144 Å². The number of anilines is 1. The van der Waals surface area contributed by atoms with Gasteiger partial charge in [-0.15, -0.1) is 24.8 Å². The molecule has 1 aromatic rings. The SMILES string of the molecule is Cl.Cl.Nc1cccc(C(=O)N2CCC(N3CCCCC3)C2)c1. The van der Waals surface area contributed by atoms with Gasteiger partial charge in [0.05, 0.1) is 0 Å². The second-order valence-corrected chi connectivity index (χ2v) is 5.92. The molecule has 0 radical (unpaired) electrons. The molecule has 1 unspecified atom stereocenters. The van der Waals surface area contributed by atoms with Crippen LogP contribution in [0.2, 0.25) is 0 Å². The van der Waals surface area contributed by atoms with Crippen LogP contribution in [-0.4, -0.2) is 47.9 Å². The van der Waals surface area contributed by atoms with E-state index in [4.69, 9.17) is 5.73 Å². The van der Waals surface area contributed by atoms with E-state index in [1.54, 1.807) is 6.07 Å². The Hall–Kier alpha value is -0.970. The zero-order valence-electron chi connectivity index (χ0n) is 12.7. The topological polar surface area (TPSA) is 49.6 Å². The van der Waals surface area contributed by atoms with Crippen molar-refractivity contribution in [1.29, 1.82) is 0 Å². The molecule has 2 saturated heterocycles. The van der Waals surface area contributed by atoms with Crippen molar-refractivity contribution >= 4 is 36.4 Å². The second-order valence-electron chi connectivity index (χ2n) is 5.92. The Morgan fingerprint density at radius 3 is 2.50 bits per heavy atom. The number of nitrogens with two attached hydrogens (primary N) is 1. The highest BCUT2D eigenvalue weighted by atomic mass is 35.5. The quantitative estimate of drug-likeness (QED) is 0.838. The minimum atomic E-state index is 0. The lowest BCUT2D eigenvalue weighted by Crippen LogP contribution is -2.41. The third kappa shape index (κ3) is 4.28. The number of likely N-dealkylation sites (tertiary alicyclic amines) is 2. The molecular weight excluding hydrogens is 321 g/mol. The second kappa shape index (κ2) is 8.61. The number of benzene rings is 1. The van der Waals surface area contributed by atoms with E-state index in [9.17, 15) is 4.79 Å². The van der Waals surface area contributed by atoms with Crippen LogP contribution in [0.4, 0.5) is 5.69 Å². The molecule has 4 nitrogen and oxygen atoms in total. The van der Waals surface area contributed by atoms with Crippen molar-refractivity contribution in [3.63, 3.8) is 0 Å². The van der Waals surface area contributed by atoms with Crippen molar-refractivity contribution in [2.45, 2.75) is 31.7 Å². The average molecular weight is 346 g/mol. The van der Waals surface area contributed by atoms with Gasteiger partial charge in [-0.2, -0.15) is 0 Å². The third-order valence-corrected chi connectivity index (χ3v) is 4.49. The van der Waals surface area contributed by atoms with Crippen molar-refractivity contribution in [2.75, 3.05) is 31.9 Å². The summed E-state index contributed by atoms with van der Waals surface area (Å²) in [4.78, 5) is 17.0. The van der Waals surface area contributed by atoms with E-state index in [0.29, 0.717) is 17.3 Å². The summed E-state index contributed by atoms with van der Waals surface area (Å²) in [5.74, 6) is 0.122. The lowest BCUT2D eigenvalue weighted by Gasteiger charge is -2.32. The smallest absolute Gasteiger partial charge is 0.253 e. The first kappa shape index (κ1) is 19.1. The van der Waals surface area contributed by atoms with Gasteiger partial charge < -0.3 is 10.6 Å². The first-order valence-electron chi connectivity index (χ1n) is 7.63. The number of rotatable bonds is 2. The lowest BCUT2D eigenvalue weighted by atomic mass is 10.1. The molecule has 1 aromatic carbocycles. The molecule has 2 aliphatic rings. The molecule has 0 saturated carbocycles. The van der Waals surface area contributed by atoms with E-state index < -0.39 is 0 Å². The van der Waals surface area contributed by atoms with Crippen LogP contribution in [0, 0.1) is 0 Å². The van der Waals surface area contributed by atoms with Gasteiger partial charge in [0.2, 0.25) is 0 Å². The molecule has 2 heterocycles. The van der Waals surface area contributed by atoms with Crippen LogP contribution in [-0.2, 0) is 0 Å². The molecule has 124 valence electrons. The number of amides is 1. The highest BCUT2D eigenvalue weighted by molar-refractivity contribution is 5.95. The highest BCUT2D eigenvalue weighted by Gasteiger charge is 2.31. The van der Waals surface area contributed by atoms with Crippen molar-refractivity contribution in [3.8, 4) is 0 Å². The molecule has 3 rings (SSSR count). The van der Waals surface area contributed by atoms with Gasteiger partial charge >= 0.3 is 0 Å². The summed E-state index contributed by atoms with van der Waals surface area (Å²) in [6.07, 6.45) is 5.07. The van der Waals surface area contributed by atoms with Crippen molar-refractivity contribution < 1.29 is 4.79 Å². The van der Waals surface area contributed by atoms with Crippen molar-refractivity contribution in [3.05, 3.63) is 29.8 Å². The average Bonchev–Trinajstić information content (AvgIpc) is 2.97. The van der Waals surface area contributed by atoms with Gasteiger partial charge in [-0.3, -0.25) is 9.69 Å². The Morgan fingerprint density at radius 2 is 1.82 bits per heavy atom. The van der Waals surface area contributed by atoms with Crippen LogP contribution in [0.1, 0.15) is 36.0 Å². The molecule has 0 aromatic heterocycles. The summed E-state index contributed by atoms with van der Waals surface area (Å²) in [6.45, 7) is 4.14. The van der Waals surface area contributed by atoms with E-state index in [1.807, 2.05) is 23.1 Å². The highest BCUT2D eigenvalue weighted by Crippen LogP contribution is 2.22. The number of carbonyl (C=O) groups excluding carboxylic acids is 1. The number of halogens is 2. The van der Waals surface area contributed by atoms with Gasteiger partial charge in [-0.05, 0) is 50.6 Å². The molecule has 1 amide bonds. The van der Waals surface area contributed by atoms with Crippen LogP contribution < -0.4 is 5.73 Å². The molecule has 2 fully saturated rings. The van der Waals surface area contributed by atoms with Gasteiger partial charge in [-0.25, -0.2) is 0 Å². The number of nitrogen functional groups attached to an aromatic ring is 1. The normalized spacial score (nSPS) is 21.8. The first-order valence-corrected chi connectivity index (χ1v) is 7.63. The number of hydrogen-bond donors (Lipinski definition) is 1. The summed E-state index contributed by atoms with van der Waals surface area (Å²) >= 11 is 0. The van der Waals surface area contributed by atoms with Crippen molar-refractivity contribution in [1.82, 2.24) is 9.80 Å². The number of piperidine rings is 1. The largest absolute Gasteiger partial charge is 0.399 e. The summed E-state index contributed by atoms with van der Waals surface area (Å²) < 4.78 is 0. The molecule has 22 heavy (non-hydrogen) atoms. The maximum Gasteiger partial charge on any atom is 0.253 e. The molecule has 1 atom stereocenters. The number of nitrogens with zero attached hydrogens (tertiary/aromatic N) is 2. The Kier molecular flexibility index (Phi) is 7.46. The van der Waals surface area contributed by atoms with Crippen LogP contribution in [0.15, 0.2) is 24.3 Å². The summed E-state index contributed by atoms with van der Waals surface area (Å²) in [6, 6.07) is 7.85. The van der Waals surface area contributed by atoms with E-state index in [1.165, 1.54) is 32.4 Å². The third-order valence-electron chi connectivity index (χ3n) is 4.49. The Morgan fingerprint density at radius 1 is 1.09 bits per heavy atom. The van der Waals surface area contributed by atoms with E-state index >= 15 is 0 Å². The van der Waals surface area contributed by atoms with Crippen LogP contribution in [0.3, 0.4) is 0 Å². The molecule has 0 aliphatic carbocycles. The predicted octanol–water partition coefficient (Wildman–Crippen LogP) is 2.81. The van der Waals surface area contributed by atoms with Gasteiger partial charge in [0.15, 0.2) is 0 Å². The summed E-state index contributed by atoms with van der Waals surface area (Å²) in [5.41, 5.74) is 7.13. The minimum absolute atomic E-state index is 0. The minimum Gasteiger partial charge on any atom is -0.399 e. The van der Waals surface area contributed by atoms with E-state index in [-0.39, 0.29) is 30.7 Å². The van der Waals surface area contributed by atoms with E-state index in [2.05, 4.69) is 4.90 Å².